The molecule has 0 bridgehead atoms. The SMILES string of the molecule is CN(C)CCNC1(C(N)=O)CCc2cc(Br)ccc21. The Balaban J connectivity index is 2.26. The van der Waals surface area contributed by atoms with Gasteiger partial charge in [-0.3, -0.25) is 10.1 Å². The number of rotatable bonds is 5. The van der Waals surface area contributed by atoms with Crippen molar-refractivity contribution < 1.29 is 4.79 Å². The van der Waals surface area contributed by atoms with Gasteiger partial charge >= 0.3 is 0 Å². The molecule has 104 valence electrons. The molecule has 0 aromatic heterocycles. The molecule has 0 aliphatic heterocycles. The molecule has 0 fully saturated rings. The number of likely N-dealkylation sites (N-methyl/N-ethyl adjacent to an activating group) is 1. The minimum atomic E-state index is -0.702. The maximum absolute atomic E-state index is 12.0. The number of nitrogens with zero attached hydrogens (tertiary/aromatic N) is 1. The third-order valence-corrected chi connectivity index (χ3v) is 4.20. The van der Waals surface area contributed by atoms with Gasteiger partial charge < -0.3 is 10.6 Å². The number of aryl methyl sites for hydroxylation is 1. The largest absolute Gasteiger partial charge is 0.368 e. The van der Waals surface area contributed by atoms with Crippen molar-refractivity contribution in [3.8, 4) is 0 Å². The van der Waals surface area contributed by atoms with E-state index < -0.39 is 5.54 Å². The van der Waals surface area contributed by atoms with Crippen LogP contribution in [-0.4, -0.2) is 38.0 Å². The molecule has 2 rings (SSSR count). The Morgan fingerprint density at radius 2 is 2.26 bits per heavy atom. The molecule has 0 saturated heterocycles. The molecule has 1 atom stereocenters. The number of amides is 1. The summed E-state index contributed by atoms with van der Waals surface area (Å²) in [4.78, 5) is 14.1. The summed E-state index contributed by atoms with van der Waals surface area (Å²) in [6.07, 6.45) is 1.62. The fourth-order valence-electron chi connectivity index (χ4n) is 2.66. The van der Waals surface area contributed by atoms with Crippen molar-refractivity contribution >= 4 is 21.8 Å². The molecule has 1 unspecified atom stereocenters. The Morgan fingerprint density at radius 1 is 1.53 bits per heavy atom. The van der Waals surface area contributed by atoms with Gasteiger partial charge in [0.2, 0.25) is 5.91 Å². The summed E-state index contributed by atoms with van der Waals surface area (Å²) in [7, 11) is 4.02. The van der Waals surface area contributed by atoms with E-state index in [1.54, 1.807) is 0 Å². The van der Waals surface area contributed by atoms with E-state index in [4.69, 9.17) is 5.73 Å². The molecule has 3 N–H and O–H groups in total. The summed E-state index contributed by atoms with van der Waals surface area (Å²) < 4.78 is 1.04. The summed E-state index contributed by atoms with van der Waals surface area (Å²) in [5, 5.41) is 3.37. The Kier molecular flexibility index (Phi) is 4.28. The maximum atomic E-state index is 12.0. The van der Waals surface area contributed by atoms with Crippen LogP contribution in [-0.2, 0) is 16.8 Å². The van der Waals surface area contributed by atoms with E-state index in [1.165, 1.54) is 5.56 Å². The van der Waals surface area contributed by atoms with Crippen LogP contribution in [0.2, 0.25) is 0 Å². The highest BCUT2D eigenvalue weighted by atomic mass is 79.9. The molecule has 1 aromatic carbocycles. The van der Waals surface area contributed by atoms with Crippen molar-refractivity contribution in [1.29, 1.82) is 0 Å². The number of hydrogen-bond acceptors (Lipinski definition) is 3. The standard InChI is InChI=1S/C14H20BrN3O/c1-18(2)8-7-17-14(13(16)19)6-5-10-9-11(15)3-4-12(10)14/h3-4,9,17H,5-8H2,1-2H3,(H2,16,19). The second-order valence-electron chi connectivity index (χ2n) is 5.30. The minimum absolute atomic E-state index is 0.285. The van der Waals surface area contributed by atoms with Crippen molar-refractivity contribution in [2.24, 2.45) is 5.73 Å². The van der Waals surface area contributed by atoms with Crippen LogP contribution < -0.4 is 11.1 Å². The van der Waals surface area contributed by atoms with Gasteiger partial charge in [0.25, 0.3) is 0 Å². The van der Waals surface area contributed by atoms with Gasteiger partial charge in [0.1, 0.15) is 5.54 Å². The van der Waals surface area contributed by atoms with Gasteiger partial charge in [-0.2, -0.15) is 0 Å². The number of carbonyl (C=O) groups is 1. The van der Waals surface area contributed by atoms with Gasteiger partial charge in [-0.05, 0) is 50.2 Å². The highest BCUT2D eigenvalue weighted by molar-refractivity contribution is 9.10. The maximum Gasteiger partial charge on any atom is 0.242 e. The van der Waals surface area contributed by atoms with Crippen molar-refractivity contribution in [3.05, 3.63) is 33.8 Å². The van der Waals surface area contributed by atoms with Gasteiger partial charge in [-0.15, -0.1) is 0 Å². The number of nitrogens with two attached hydrogens (primary N) is 1. The third kappa shape index (κ3) is 2.83. The van der Waals surface area contributed by atoms with Crippen LogP contribution >= 0.6 is 15.9 Å². The predicted molar refractivity (Wildman–Crippen MR) is 79.9 cm³/mol. The molecule has 0 saturated carbocycles. The van der Waals surface area contributed by atoms with E-state index >= 15 is 0 Å². The first-order chi connectivity index (χ1) is 8.95. The van der Waals surface area contributed by atoms with Crippen LogP contribution in [0.5, 0.6) is 0 Å². The molecule has 5 heteroatoms. The third-order valence-electron chi connectivity index (χ3n) is 3.70. The van der Waals surface area contributed by atoms with Gasteiger partial charge in [0, 0.05) is 17.6 Å². The van der Waals surface area contributed by atoms with Crippen molar-refractivity contribution in [3.63, 3.8) is 0 Å². The molecule has 1 aliphatic carbocycles. The Bertz CT molecular complexity index is 490. The fourth-order valence-corrected chi connectivity index (χ4v) is 3.07. The summed E-state index contributed by atoms with van der Waals surface area (Å²) in [5.74, 6) is -0.285. The van der Waals surface area contributed by atoms with Crippen molar-refractivity contribution in [2.75, 3.05) is 27.2 Å². The molecule has 4 nitrogen and oxygen atoms in total. The summed E-state index contributed by atoms with van der Waals surface area (Å²) in [6, 6.07) is 6.04. The molecule has 0 radical (unpaired) electrons. The Morgan fingerprint density at radius 3 is 2.89 bits per heavy atom. The van der Waals surface area contributed by atoms with Gasteiger partial charge in [0.15, 0.2) is 0 Å². The van der Waals surface area contributed by atoms with Crippen LogP contribution in [0, 0.1) is 0 Å². The first-order valence-corrected chi connectivity index (χ1v) is 7.23. The lowest BCUT2D eigenvalue weighted by atomic mass is 9.91. The fraction of sp³-hybridized carbons (Fsp3) is 0.500. The lowest BCUT2D eigenvalue weighted by Gasteiger charge is -2.29. The summed E-state index contributed by atoms with van der Waals surface area (Å²) in [5.41, 5.74) is 7.20. The zero-order chi connectivity index (χ0) is 14.0. The van der Waals surface area contributed by atoms with E-state index in [1.807, 2.05) is 26.2 Å². The average molecular weight is 326 g/mol. The van der Waals surface area contributed by atoms with Crippen LogP contribution in [0.1, 0.15) is 17.5 Å². The van der Waals surface area contributed by atoms with Crippen LogP contribution in [0.15, 0.2) is 22.7 Å². The second-order valence-corrected chi connectivity index (χ2v) is 6.22. The van der Waals surface area contributed by atoms with Crippen molar-refractivity contribution in [1.82, 2.24) is 10.2 Å². The first-order valence-electron chi connectivity index (χ1n) is 6.44. The van der Waals surface area contributed by atoms with E-state index in [0.29, 0.717) is 0 Å². The molecule has 1 aliphatic rings. The van der Waals surface area contributed by atoms with E-state index in [9.17, 15) is 4.79 Å². The number of primary amides is 1. The van der Waals surface area contributed by atoms with Gasteiger partial charge in [0.05, 0.1) is 0 Å². The zero-order valence-electron chi connectivity index (χ0n) is 11.4. The highest BCUT2D eigenvalue weighted by Crippen LogP contribution is 2.38. The first kappa shape index (κ1) is 14.5. The van der Waals surface area contributed by atoms with E-state index in [-0.39, 0.29) is 5.91 Å². The Hall–Kier alpha value is -0.910. The van der Waals surface area contributed by atoms with Crippen LogP contribution in [0.25, 0.3) is 0 Å². The topological polar surface area (TPSA) is 58.4 Å². The molecule has 19 heavy (non-hydrogen) atoms. The summed E-state index contributed by atoms with van der Waals surface area (Å²) in [6.45, 7) is 1.62. The summed E-state index contributed by atoms with van der Waals surface area (Å²) >= 11 is 3.47. The molecule has 1 aromatic rings. The number of carbonyl (C=O) groups excluding carboxylic acids is 1. The van der Waals surface area contributed by atoms with Crippen LogP contribution in [0.3, 0.4) is 0 Å². The van der Waals surface area contributed by atoms with E-state index in [0.717, 1.165) is 36.0 Å². The lowest BCUT2D eigenvalue weighted by molar-refractivity contribution is -0.124. The molecule has 0 heterocycles. The number of benzene rings is 1. The number of nitrogens with one attached hydrogen (secondary N) is 1. The highest BCUT2D eigenvalue weighted by Gasteiger charge is 2.43. The molecular weight excluding hydrogens is 306 g/mol. The monoisotopic (exact) mass is 325 g/mol. The number of hydrogen-bond donors (Lipinski definition) is 2. The van der Waals surface area contributed by atoms with Crippen molar-refractivity contribution in [2.45, 2.75) is 18.4 Å². The van der Waals surface area contributed by atoms with E-state index in [2.05, 4.69) is 32.2 Å². The quantitative estimate of drug-likeness (QED) is 0.856. The average Bonchev–Trinajstić information content (AvgIpc) is 2.68. The minimum Gasteiger partial charge on any atom is -0.368 e. The van der Waals surface area contributed by atoms with Gasteiger partial charge in [-0.1, -0.05) is 22.0 Å². The number of halogens is 1. The smallest absolute Gasteiger partial charge is 0.242 e. The zero-order valence-corrected chi connectivity index (χ0v) is 13.0. The second kappa shape index (κ2) is 5.61. The Labute approximate surface area is 122 Å². The normalized spacial score (nSPS) is 21.7. The predicted octanol–water partition coefficient (Wildman–Crippen LogP) is 1.23. The lowest BCUT2D eigenvalue weighted by Crippen LogP contribution is -2.52. The van der Waals surface area contributed by atoms with Crippen LogP contribution in [0.4, 0.5) is 0 Å². The molecule has 0 spiro atoms. The van der Waals surface area contributed by atoms with Gasteiger partial charge in [-0.25, -0.2) is 0 Å². The number of fused-ring (bicyclic) bond motifs is 1. The molecular formula is C14H20BrN3O. The molecule has 1 amide bonds.